The summed E-state index contributed by atoms with van der Waals surface area (Å²) in [5.74, 6) is 1.75. The van der Waals surface area contributed by atoms with E-state index in [1.165, 1.54) is 25.7 Å². The highest BCUT2D eigenvalue weighted by Crippen LogP contribution is 2.31. The average Bonchev–Trinajstić information content (AvgIpc) is 2.75. The Morgan fingerprint density at radius 2 is 2.06 bits per heavy atom. The number of aromatic nitrogens is 1. The lowest BCUT2D eigenvalue weighted by molar-refractivity contribution is 0.481. The summed E-state index contributed by atoms with van der Waals surface area (Å²) in [6.45, 7) is 2.26. The third-order valence-electron chi connectivity index (χ3n) is 3.28. The first-order chi connectivity index (χ1) is 7.66. The molecule has 2 rings (SSSR count). The minimum absolute atomic E-state index is 0.507. The van der Waals surface area contributed by atoms with E-state index in [-0.39, 0.29) is 0 Å². The van der Waals surface area contributed by atoms with Gasteiger partial charge in [0.25, 0.3) is 0 Å². The average molecular weight is 348 g/mol. The molecule has 1 aromatic heterocycles. The number of anilines is 1. The number of nitrogens with one attached hydrogen (secondary N) is 1. The number of nitrogens with zero attached hydrogens (tertiary/aromatic N) is 1. The number of halogens is 2. The molecular weight excluding hydrogens is 332 g/mol. The minimum Gasteiger partial charge on any atom is -0.366 e. The van der Waals surface area contributed by atoms with Crippen molar-refractivity contribution in [2.24, 2.45) is 5.92 Å². The van der Waals surface area contributed by atoms with Gasteiger partial charge >= 0.3 is 0 Å². The van der Waals surface area contributed by atoms with Crippen LogP contribution in [0.5, 0.6) is 0 Å². The normalized spacial score (nSPS) is 18.7. The minimum atomic E-state index is 0.507. The topological polar surface area (TPSA) is 24.9 Å². The zero-order chi connectivity index (χ0) is 11.5. The van der Waals surface area contributed by atoms with Crippen LogP contribution in [-0.4, -0.2) is 11.0 Å². The molecule has 2 nitrogen and oxygen atoms in total. The van der Waals surface area contributed by atoms with E-state index in [0.29, 0.717) is 6.04 Å². The van der Waals surface area contributed by atoms with E-state index in [0.717, 1.165) is 20.7 Å². The maximum Gasteiger partial charge on any atom is 0.140 e. The van der Waals surface area contributed by atoms with Gasteiger partial charge in [0, 0.05) is 16.7 Å². The second-order valence-corrected chi connectivity index (χ2v) is 6.23. The van der Waals surface area contributed by atoms with Crippen LogP contribution in [0, 0.1) is 5.92 Å². The van der Waals surface area contributed by atoms with Crippen molar-refractivity contribution >= 4 is 37.7 Å². The van der Waals surface area contributed by atoms with Crippen LogP contribution in [0.1, 0.15) is 32.6 Å². The summed E-state index contributed by atoms with van der Waals surface area (Å²) in [6.07, 6.45) is 7.29. The SMILES string of the molecule is CC(Nc1ncc(Br)cc1Br)C1CCCC1. The number of hydrogen-bond donors (Lipinski definition) is 1. The van der Waals surface area contributed by atoms with Crippen LogP contribution in [-0.2, 0) is 0 Å². The Hall–Kier alpha value is -0.0900. The van der Waals surface area contributed by atoms with Crippen LogP contribution in [0.2, 0.25) is 0 Å². The number of rotatable bonds is 3. The number of hydrogen-bond acceptors (Lipinski definition) is 2. The molecule has 0 radical (unpaired) electrons. The van der Waals surface area contributed by atoms with Crippen LogP contribution in [0.25, 0.3) is 0 Å². The molecule has 4 heteroatoms. The van der Waals surface area contributed by atoms with Crippen molar-refractivity contribution in [2.75, 3.05) is 5.32 Å². The Morgan fingerprint density at radius 1 is 1.38 bits per heavy atom. The van der Waals surface area contributed by atoms with Crippen molar-refractivity contribution in [1.29, 1.82) is 0 Å². The molecule has 1 unspecified atom stereocenters. The predicted molar refractivity (Wildman–Crippen MR) is 74.7 cm³/mol. The molecule has 1 saturated carbocycles. The Balaban J connectivity index is 2.02. The summed E-state index contributed by atoms with van der Waals surface area (Å²) in [6, 6.07) is 2.53. The van der Waals surface area contributed by atoms with Crippen LogP contribution >= 0.6 is 31.9 Å². The zero-order valence-corrected chi connectivity index (χ0v) is 12.5. The molecule has 1 N–H and O–H groups in total. The first kappa shape index (κ1) is 12.4. The van der Waals surface area contributed by atoms with Crippen molar-refractivity contribution in [3.05, 3.63) is 21.2 Å². The largest absolute Gasteiger partial charge is 0.366 e. The van der Waals surface area contributed by atoms with Crippen LogP contribution in [0.3, 0.4) is 0 Å². The molecule has 0 aromatic carbocycles. The highest BCUT2D eigenvalue weighted by Gasteiger charge is 2.22. The van der Waals surface area contributed by atoms with Crippen molar-refractivity contribution < 1.29 is 0 Å². The fraction of sp³-hybridized carbons (Fsp3) is 0.583. The molecule has 16 heavy (non-hydrogen) atoms. The van der Waals surface area contributed by atoms with E-state index in [9.17, 15) is 0 Å². The Bertz CT molecular complexity index is 362. The summed E-state index contributed by atoms with van der Waals surface area (Å²) < 4.78 is 2.02. The molecule has 0 saturated heterocycles. The van der Waals surface area contributed by atoms with Gasteiger partial charge in [-0.1, -0.05) is 12.8 Å². The summed E-state index contributed by atoms with van der Waals surface area (Å²) in [5.41, 5.74) is 0. The van der Waals surface area contributed by atoms with E-state index in [1.54, 1.807) is 0 Å². The summed E-state index contributed by atoms with van der Waals surface area (Å²) in [7, 11) is 0. The van der Waals surface area contributed by atoms with Gasteiger partial charge in [-0.05, 0) is 63.6 Å². The molecule has 88 valence electrons. The third-order valence-corrected chi connectivity index (χ3v) is 4.32. The van der Waals surface area contributed by atoms with Gasteiger partial charge < -0.3 is 5.32 Å². The second-order valence-electron chi connectivity index (χ2n) is 4.46. The fourth-order valence-electron chi connectivity index (χ4n) is 2.31. The molecule has 0 spiro atoms. The maximum absolute atomic E-state index is 4.38. The molecule has 1 fully saturated rings. The van der Waals surface area contributed by atoms with Gasteiger partial charge in [-0.2, -0.15) is 0 Å². The predicted octanol–water partition coefficient (Wildman–Crippen LogP) is 4.60. The van der Waals surface area contributed by atoms with Crippen molar-refractivity contribution in [1.82, 2.24) is 4.98 Å². The Labute approximate surface area is 113 Å². The van der Waals surface area contributed by atoms with Gasteiger partial charge in [-0.3, -0.25) is 0 Å². The van der Waals surface area contributed by atoms with Crippen molar-refractivity contribution in [2.45, 2.75) is 38.6 Å². The monoisotopic (exact) mass is 346 g/mol. The van der Waals surface area contributed by atoms with E-state index in [4.69, 9.17) is 0 Å². The lowest BCUT2D eigenvalue weighted by atomic mass is 10.00. The molecular formula is C12H16Br2N2. The molecule has 1 aliphatic carbocycles. The van der Waals surface area contributed by atoms with Gasteiger partial charge in [0.1, 0.15) is 5.82 Å². The molecule has 0 aliphatic heterocycles. The highest BCUT2D eigenvalue weighted by molar-refractivity contribution is 9.11. The van der Waals surface area contributed by atoms with Crippen LogP contribution in [0.4, 0.5) is 5.82 Å². The quantitative estimate of drug-likeness (QED) is 0.864. The van der Waals surface area contributed by atoms with Gasteiger partial charge in [0.15, 0.2) is 0 Å². The zero-order valence-electron chi connectivity index (χ0n) is 9.34. The fourth-order valence-corrected chi connectivity index (χ4v) is 3.41. The smallest absolute Gasteiger partial charge is 0.140 e. The summed E-state index contributed by atoms with van der Waals surface area (Å²) >= 11 is 6.94. The van der Waals surface area contributed by atoms with Gasteiger partial charge in [-0.15, -0.1) is 0 Å². The van der Waals surface area contributed by atoms with Gasteiger partial charge in [-0.25, -0.2) is 4.98 Å². The van der Waals surface area contributed by atoms with E-state index in [2.05, 4.69) is 49.1 Å². The first-order valence-electron chi connectivity index (χ1n) is 5.74. The Kier molecular flexibility index (Phi) is 4.25. The third kappa shape index (κ3) is 2.98. The summed E-state index contributed by atoms with van der Waals surface area (Å²) in [5, 5.41) is 3.50. The van der Waals surface area contributed by atoms with Crippen LogP contribution < -0.4 is 5.32 Å². The molecule has 0 bridgehead atoms. The standard InChI is InChI=1S/C12H16Br2N2/c1-8(9-4-2-3-5-9)16-12-11(14)6-10(13)7-15-12/h6-9H,2-5H2,1H3,(H,15,16). The van der Waals surface area contributed by atoms with Crippen molar-refractivity contribution in [3.8, 4) is 0 Å². The maximum atomic E-state index is 4.38. The van der Waals surface area contributed by atoms with Gasteiger partial charge in [0.2, 0.25) is 0 Å². The lowest BCUT2D eigenvalue weighted by Crippen LogP contribution is -2.24. The van der Waals surface area contributed by atoms with E-state index in [1.807, 2.05) is 12.3 Å². The van der Waals surface area contributed by atoms with Gasteiger partial charge in [0.05, 0.1) is 4.47 Å². The highest BCUT2D eigenvalue weighted by atomic mass is 79.9. The molecule has 0 amide bonds. The Morgan fingerprint density at radius 3 is 2.69 bits per heavy atom. The molecule has 1 heterocycles. The molecule has 1 atom stereocenters. The second kappa shape index (κ2) is 5.50. The van der Waals surface area contributed by atoms with E-state index >= 15 is 0 Å². The first-order valence-corrected chi connectivity index (χ1v) is 7.33. The lowest BCUT2D eigenvalue weighted by Gasteiger charge is -2.21. The number of pyridine rings is 1. The van der Waals surface area contributed by atoms with Crippen LogP contribution in [0.15, 0.2) is 21.2 Å². The van der Waals surface area contributed by atoms with Crippen molar-refractivity contribution in [3.63, 3.8) is 0 Å². The van der Waals surface area contributed by atoms with E-state index < -0.39 is 0 Å². The molecule has 1 aliphatic rings. The molecule has 1 aromatic rings. The summed E-state index contributed by atoms with van der Waals surface area (Å²) in [4.78, 5) is 4.38.